The molecule has 2 fully saturated rings. The van der Waals surface area contributed by atoms with Crippen molar-refractivity contribution in [2.75, 3.05) is 31.1 Å². The number of hydrogen-bond donors (Lipinski definition) is 0. The van der Waals surface area contributed by atoms with Crippen LogP contribution >= 0.6 is 0 Å². The normalized spacial score (nSPS) is 18.8. The van der Waals surface area contributed by atoms with Crippen LogP contribution in [-0.2, 0) is 6.54 Å². The van der Waals surface area contributed by atoms with Gasteiger partial charge in [0, 0.05) is 49.4 Å². The molecule has 1 aliphatic carbocycles. The van der Waals surface area contributed by atoms with Crippen LogP contribution in [0.3, 0.4) is 0 Å². The molecule has 0 unspecified atom stereocenters. The Morgan fingerprint density at radius 3 is 2.80 bits per heavy atom. The average Bonchev–Trinajstić information content (AvgIpc) is 3.42. The second-order valence-electron chi connectivity index (χ2n) is 6.84. The summed E-state index contributed by atoms with van der Waals surface area (Å²) in [6, 6.07) is 6.38. The molecule has 2 aliphatic rings. The van der Waals surface area contributed by atoms with Gasteiger partial charge in [-0.1, -0.05) is 0 Å². The Morgan fingerprint density at radius 1 is 1.08 bits per heavy atom. The fourth-order valence-corrected chi connectivity index (χ4v) is 3.35. The standard InChI is InChI=1S/C18H20N6O/c1-2-13(1)18-22-21-17(25-18)11-23-5-7-24(8-6-23)15-3-4-16-14(9-15)10-19-12-20-16/h3-4,9-10,12-13H,1-2,5-8,11H2. The molecule has 0 bridgehead atoms. The van der Waals surface area contributed by atoms with Crippen LogP contribution in [0.5, 0.6) is 0 Å². The molecule has 1 aliphatic heterocycles. The molecule has 0 atom stereocenters. The van der Waals surface area contributed by atoms with Crippen molar-refractivity contribution in [2.45, 2.75) is 25.3 Å². The van der Waals surface area contributed by atoms with Gasteiger partial charge < -0.3 is 9.32 Å². The van der Waals surface area contributed by atoms with E-state index in [1.807, 2.05) is 6.20 Å². The zero-order valence-electron chi connectivity index (χ0n) is 14.0. The van der Waals surface area contributed by atoms with Crippen LogP contribution in [0.15, 0.2) is 35.1 Å². The van der Waals surface area contributed by atoms with Gasteiger partial charge in [0.1, 0.15) is 6.33 Å². The van der Waals surface area contributed by atoms with Gasteiger partial charge in [0.25, 0.3) is 0 Å². The smallest absolute Gasteiger partial charge is 0.230 e. The van der Waals surface area contributed by atoms with E-state index in [0.717, 1.165) is 55.4 Å². The second-order valence-corrected chi connectivity index (χ2v) is 6.84. The van der Waals surface area contributed by atoms with Crippen molar-refractivity contribution >= 4 is 16.6 Å². The van der Waals surface area contributed by atoms with Crippen LogP contribution in [0.1, 0.15) is 30.5 Å². The minimum Gasteiger partial charge on any atom is -0.424 e. The van der Waals surface area contributed by atoms with Crippen molar-refractivity contribution in [2.24, 2.45) is 0 Å². The molecule has 7 heteroatoms. The third kappa shape index (κ3) is 3.07. The summed E-state index contributed by atoms with van der Waals surface area (Å²) >= 11 is 0. The first-order valence-electron chi connectivity index (χ1n) is 8.84. The molecule has 1 saturated carbocycles. The fourth-order valence-electron chi connectivity index (χ4n) is 3.35. The SMILES string of the molecule is c1ncc2cc(N3CCN(Cc4nnc(C5CC5)o4)CC3)ccc2n1. The molecule has 0 spiro atoms. The minimum absolute atomic E-state index is 0.523. The maximum atomic E-state index is 5.78. The van der Waals surface area contributed by atoms with Gasteiger partial charge in [0.2, 0.25) is 11.8 Å². The van der Waals surface area contributed by atoms with E-state index in [-0.39, 0.29) is 0 Å². The molecule has 1 saturated heterocycles. The first-order chi connectivity index (χ1) is 12.3. The number of benzene rings is 1. The summed E-state index contributed by atoms with van der Waals surface area (Å²) in [7, 11) is 0. The third-order valence-corrected chi connectivity index (χ3v) is 4.99. The van der Waals surface area contributed by atoms with E-state index in [9.17, 15) is 0 Å². The molecule has 0 N–H and O–H groups in total. The van der Waals surface area contributed by atoms with E-state index in [4.69, 9.17) is 4.42 Å². The Balaban J connectivity index is 1.22. The molecule has 2 aromatic heterocycles. The first kappa shape index (κ1) is 14.8. The molecule has 1 aromatic carbocycles. The van der Waals surface area contributed by atoms with Crippen LogP contribution < -0.4 is 4.90 Å². The van der Waals surface area contributed by atoms with E-state index in [2.05, 4.69) is 48.2 Å². The van der Waals surface area contributed by atoms with Crippen LogP contribution in [-0.4, -0.2) is 51.2 Å². The molecule has 25 heavy (non-hydrogen) atoms. The lowest BCUT2D eigenvalue weighted by atomic mass is 10.2. The van der Waals surface area contributed by atoms with Crippen LogP contribution in [0, 0.1) is 0 Å². The first-order valence-corrected chi connectivity index (χ1v) is 8.84. The predicted octanol–water partition coefficient (Wildman–Crippen LogP) is 2.21. The third-order valence-electron chi connectivity index (χ3n) is 4.99. The highest BCUT2D eigenvalue weighted by molar-refractivity contribution is 5.81. The zero-order valence-corrected chi connectivity index (χ0v) is 14.0. The van der Waals surface area contributed by atoms with Crippen LogP contribution in [0.2, 0.25) is 0 Å². The molecular formula is C18H20N6O. The van der Waals surface area contributed by atoms with Crippen LogP contribution in [0.25, 0.3) is 10.9 Å². The number of fused-ring (bicyclic) bond motifs is 1. The summed E-state index contributed by atoms with van der Waals surface area (Å²) in [6.45, 7) is 4.71. The Hall–Kier alpha value is -2.54. The lowest BCUT2D eigenvalue weighted by Crippen LogP contribution is -2.46. The van der Waals surface area contributed by atoms with Gasteiger partial charge in [-0.25, -0.2) is 9.97 Å². The van der Waals surface area contributed by atoms with Gasteiger partial charge >= 0.3 is 0 Å². The van der Waals surface area contributed by atoms with Gasteiger partial charge in [-0.3, -0.25) is 4.90 Å². The monoisotopic (exact) mass is 336 g/mol. The largest absolute Gasteiger partial charge is 0.424 e. The summed E-state index contributed by atoms with van der Waals surface area (Å²) < 4.78 is 5.78. The number of hydrogen-bond acceptors (Lipinski definition) is 7. The molecule has 3 aromatic rings. The Bertz CT molecular complexity index is 882. The van der Waals surface area contributed by atoms with Gasteiger partial charge in [-0.15, -0.1) is 10.2 Å². The van der Waals surface area contributed by atoms with Gasteiger partial charge in [0.15, 0.2) is 0 Å². The van der Waals surface area contributed by atoms with Gasteiger partial charge in [-0.2, -0.15) is 0 Å². The Labute approximate surface area is 145 Å². The molecule has 7 nitrogen and oxygen atoms in total. The van der Waals surface area contributed by atoms with E-state index in [1.54, 1.807) is 6.33 Å². The lowest BCUT2D eigenvalue weighted by Gasteiger charge is -2.35. The number of piperazine rings is 1. The highest BCUT2D eigenvalue weighted by Gasteiger charge is 2.29. The molecular weight excluding hydrogens is 316 g/mol. The zero-order chi connectivity index (χ0) is 16.6. The van der Waals surface area contributed by atoms with E-state index in [1.165, 1.54) is 18.5 Å². The maximum Gasteiger partial charge on any atom is 0.230 e. The second kappa shape index (κ2) is 6.07. The summed E-state index contributed by atoms with van der Waals surface area (Å²) in [4.78, 5) is 13.2. The van der Waals surface area contributed by atoms with Gasteiger partial charge in [0.05, 0.1) is 12.1 Å². The van der Waals surface area contributed by atoms with E-state index < -0.39 is 0 Å². The van der Waals surface area contributed by atoms with Crippen molar-refractivity contribution in [3.05, 3.63) is 42.5 Å². The Morgan fingerprint density at radius 2 is 1.96 bits per heavy atom. The van der Waals surface area contributed by atoms with Crippen molar-refractivity contribution in [3.63, 3.8) is 0 Å². The van der Waals surface area contributed by atoms with E-state index >= 15 is 0 Å². The molecule has 128 valence electrons. The topological polar surface area (TPSA) is 71.2 Å². The molecule has 0 radical (unpaired) electrons. The summed E-state index contributed by atoms with van der Waals surface area (Å²) in [5, 5.41) is 9.45. The van der Waals surface area contributed by atoms with Gasteiger partial charge in [-0.05, 0) is 31.0 Å². The minimum atomic E-state index is 0.523. The van der Waals surface area contributed by atoms with E-state index in [0.29, 0.717) is 5.92 Å². The van der Waals surface area contributed by atoms with Crippen molar-refractivity contribution in [3.8, 4) is 0 Å². The number of rotatable bonds is 4. The highest BCUT2D eigenvalue weighted by Crippen LogP contribution is 2.39. The summed E-state index contributed by atoms with van der Waals surface area (Å²) in [5.74, 6) is 2.10. The predicted molar refractivity (Wildman–Crippen MR) is 93.3 cm³/mol. The van der Waals surface area contributed by atoms with Crippen molar-refractivity contribution in [1.82, 2.24) is 25.1 Å². The number of anilines is 1. The quantitative estimate of drug-likeness (QED) is 0.723. The Kier molecular flexibility index (Phi) is 3.59. The number of aromatic nitrogens is 4. The average molecular weight is 336 g/mol. The number of nitrogens with zero attached hydrogens (tertiary/aromatic N) is 6. The highest BCUT2D eigenvalue weighted by atomic mass is 16.4. The summed E-state index contributed by atoms with van der Waals surface area (Å²) in [6.07, 6.45) is 5.84. The molecule has 5 rings (SSSR count). The van der Waals surface area contributed by atoms with Crippen LogP contribution in [0.4, 0.5) is 5.69 Å². The maximum absolute atomic E-state index is 5.78. The molecule has 0 amide bonds. The van der Waals surface area contributed by atoms with Crippen molar-refractivity contribution < 1.29 is 4.42 Å². The summed E-state index contributed by atoms with van der Waals surface area (Å²) in [5.41, 5.74) is 2.22. The fraction of sp³-hybridized carbons (Fsp3) is 0.444. The molecule has 3 heterocycles. The van der Waals surface area contributed by atoms with Crippen molar-refractivity contribution in [1.29, 1.82) is 0 Å². The lowest BCUT2D eigenvalue weighted by molar-refractivity contribution is 0.224.